The number of pyridine rings is 1. The number of aromatic nitrogens is 1. The van der Waals surface area contributed by atoms with Crippen molar-refractivity contribution in [3.63, 3.8) is 0 Å². The molecule has 1 saturated heterocycles. The SMILES string of the molecule is CCN(C)C1CCN(c2c(F)c(F)nc(F)c2F)C1. The van der Waals surface area contributed by atoms with E-state index in [1.807, 2.05) is 18.9 Å². The van der Waals surface area contributed by atoms with Gasteiger partial charge in [-0.05, 0) is 20.0 Å². The zero-order valence-electron chi connectivity index (χ0n) is 10.8. The van der Waals surface area contributed by atoms with Gasteiger partial charge in [-0.1, -0.05) is 6.92 Å². The highest BCUT2D eigenvalue weighted by Gasteiger charge is 2.31. The second kappa shape index (κ2) is 5.32. The number of hydrogen-bond donors (Lipinski definition) is 0. The summed E-state index contributed by atoms with van der Waals surface area (Å²) in [6, 6.07) is 0.114. The van der Waals surface area contributed by atoms with Crippen molar-refractivity contribution < 1.29 is 17.6 Å². The van der Waals surface area contributed by atoms with Crippen molar-refractivity contribution in [3.8, 4) is 0 Å². The molecule has 2 heterocycles. The van der Waals surface area contributed by atoms with E-state index in [4.69, 9.17) is 0 Å². The van der Waals surface area contributed by atoms with Gasteiger partial charge in [0.05, 0.1) is 0 Å². The first-order valence-electron chi connectivity index (χ1n) is 6.10. The number of rotatable bonds is 3. The Morgan fingerprint density at radius 2 is 1.79 bits per heavy atom. The van der Waals surface area contributed by atoms with Crippen molar-refractivity contribution in [2.75, 3.05) is 31.6 Å². The highest BCUT2D eigenvalue weighted by atomic mass is 19.2. The van der Waals surface area contributed by atoms with Crippen LogP contribution in [-0.4, -0.2) is 42.6 Å². The lowest BCUT2D eigenvalue weighted by Crippen LogP contribution is -2.34. The Labute approximate surface area is 108 Å². The van der Waals surface area contributed by atoms with Crippen molar-refractivity contribution in [1.29, 1.82) is 0 Å². The largest absolute Gasteiger partial charge is 0.365 e. The van der Waals surface area contributed by atoms with Crippen LogP contribution < -0.4 is 4.90 Å². The lowest BCUT2D eigenvalue weighted by Gasteiger charge is -2.24. The molecule has 0 amide bonds. The third kappa shape index (κ3) is 2.51. The maximum atomic E-state index is 13.6. The lowest BCUT2D eigenvalue weighted by molar-refractivity contribution is 0.272. The van der Waals surface area contributed by atoms with Crippen LogP contribution in [0.1, 0.15) is 13.3 Å². The van der Waals surface area contributed by atoms with E-state index in [1.165, 1.54) is 4.90 Å². The van der Waals surface area contributed by atoms with Gasteiger partial charge in [0, 0.05) is 19.1 Å². The minimum atomic E-state index is -1.61. The van der Waals surface area contributed by atoms with Gasteiger partial charge < -0.3 is 9.80 Å². The number of anilines is 1. The molecule has 1 aliphatic heterocycles. The zero-order chi connectivity index (χ0) is 14.2. The first-order valence-corrected chi connectivity index (χ1v) is 6.10. The van der Waals surface area contributed by atoms with Crippen LogP contribution in [0.3, 0.4) is 0 Å². The summed E-state index contributed by atoms with van der Waals surface area (Å²) < 4.78 is 53.3. The van der Waals surface area contributed by atoms with Gasteiger partial charge in [0.1, 0.15) is 5.69 Å². The summed E-state index contributed by atoms with van der Waals surface area (Å²) in [7, 11) is 1.90. The second-order valence-corrected chi connectivity index (χ2v) is 4.63. The van der Waals surface area contributed by atoms with Crippen LogP contribution in [0.5, 0.6) is 0 Å². The summed E-state index contributed by atoms with van der Waals surface area (Å²) in [5.74, 6) is -6.08. The normalized spacial score (nSPS) is 19.5. The van der Waals surface area contributed by atoms with Crippen LogP contribution in [-0.2, 0) is 0 Å². The standard InChI is InChI=1S/C12H15F4N3/c1-3-18(2)7-4-5-19(6-7)10-8(13)11(15)17-12(16)9(10)14/h7H,3-6H2,1-2H3. The molecule has 0 aliphatic carbocycles. The van der Waals surface area contributed by atoms with E-state index in [1.54, 1.807) is 0 Å². The number of halogens is 4. The van der Waals surface area contributed by atoms with Gasteiger partial charge in [-0.25, -0.2) is 0 Å². The Morgan fingerprint density at radius 1 is 1.21 bits per heavy atom. The Bertz CT molecular complexity index is 454. The molecule has 1 unspecified atom stereocenters. The van der Waals surface area contributed by atoms with E-state index >= 15 is 0 Å². The third-order valence-electron chi connectivity index (χ3n) is 3.58. The van der Waals surface area contributed by atoms with Crippen LogP contribution >= 0.6 is 0 Å². The number of nitrogens with zero attached hydrogens (tertiary/aromatic N) is 3. The molecule has 2 rings (SSSR count). The van der Waals surface area contributed by atoms with Crippen LogP contribution in [0.15, 0.2) is 0 Å². The average molecular weight is 277 g/mol. The summed E-state index contributed by atoms with van der Waals surface area (Å²) in [6.07, 6.45) is 0.689. The lowest BCUT2D eigenvalue weighted by atomic mass is 10.2. The molecule has 0 saturated carbocycles. The molecular formula is C12H15F4N3. The third-order valence-corrected chi connectivity index (χ3v) is 3.58. The highest BCUT2D eigenvalue weighted by Crippen LogP contribution is 2.29. The first kappa shape index (κ1) is 14.0. The van der Waals surface area contributed by atoms with Crippen LogP contribution in [0.2, 0.25) is 0 Å². The molecule has 106 valence electrons. The van der Waals surface area contributed by atoms with Gasteiger partial charge in [-0.15, -0.1) is 0 Å². The monoisotopic (exact) mass is 277 g/mol. The topological polar surface area (TPSA) is 19.4 Å². The van der Waals surface area contributed by atoms with Gasteiger partial charge in [0.25, 0.3) is 11.9 Å². The summed E-state index contributed by atoms with van der Waals surface area (Å²) >= 11 is 0. The molecule has 0 radical (unpaired) electrons. The number of likely N-dealkylation sites (N-methyl/N-ethyl adjacent to an activating group) is 1. The zero-order valence-corrected chi connectivity index (χ0v) is 10.8. The van der Waals surface area contributed by atoms with Gasteiger partial charge in [-0.3, -0.25) is 0 Å². The maximum absolute atomic E-state index is 13.6. The van der Waals surface area contributed by atoms with Crippen molar-refractivity contribution in [2.45, 2.75) is 19.4 Å². The fourth-order valence-electron chi connectivity index (χ4n) is 2.32. The average Bonchev–Trinajstić information content (AvgIpc) is 2.85. The minimum absolute atomic E-state index is 0.114. The molecule has 1 aromatic rings. The van der Waals surface area contributed by atoms with Crippen molar-refractivity contribution in [3.05, 3.63) is 23.5 Å². The summed E-state index contributed by atoms with van der Waals surface area (Å²) in [5, 5.41) is 0. The summed E-state index contributed by atoms with van der Waals surface area (Å²) in [5.41, 5.74) is -0.656. The fraction of sp³-hybridized carbons (Fsp3) is 0.583. The van der Waals surface area contributed by atoms with Crippen LogP contribution in [0.4, 0.5) is 23.2 Å². The van der Waals surface area contributed by atoms with E-state index in [0.717, 1.165) is 6.54 Å². The van der Waals surface area contributed by atoms with E-state index in [2.05, 4.69) is 4.98 Å². The van der Waals surface area contributed by atoms with Crippen LogP contribution in [0.25, 0.3) is 0 Å². The predicted molar refractivity (Wildman–Crippen MR) is 63.0 cm³/mol. The van der Waals surface area contributed by atoms with Crippen molar-refractivity contribution in [2.24, 2.45) is 0 Å². The smallest absolute Gasteiger partial charge is 0.253 e. The van der Waals surface area contributed by atoms with E-state index in [0.29, 0.717) is 19.5 Å². The Balaban J connectivity index is 2.29. The van der Waals surface area contributed by atoms with E-state index < -0.39 is 29.2 Å². The van der Waals surface area contributed by atoms with Gasteiger partial charge in [0.2, 0.25) is 11.6 Å². The Hall–Kier alpha value is -1.37. The van der Waals surface area contributed by atoms with Crippen LogP contribution in [0, 0.1) is 23.5 Å². The summed E-state index contributed by atoms with van der Waals surface area (Å²) in [6.45, 7) is 3.45. The molecular weight excluding hydrogens is 262 g/mol. The Morgan fingerprint density at radius 3 is 2.32 bits per heavy atom. The molecule has 0 bridgehead atoms. The van der Waals surface area contributed by atoms with Crippen molar-refractivity contribution in [1.82, 2.24) is 9.88 Å². The molecule has 1 fully saturated rings. The van der Waals surface area contributed by atoms with E-state index in [9.17, 15) is 17.6 Å². The minimum Gasteiger partial charge on any atom is -0.365 e. The molecule has 0 aromatic carbocycles. The molecule has 0 N–H and O–H groups in total. The molecule has 7 heteroatoms. The molecule has 0 spiro atoms. The molecule has 3 nitrogen and oxygen atoms in total. The molecule has 1 aliphatic rings. The van der Waals surface area contributed by atoms with Gasteiger partial charge in [-0.2, -0.15) is 22.5 Å². The second-order valence-electron chi connectivity index (χ2n) is 4.63. The first-order chi connectivity index (χ1) is 8.95. The summed E-state index contributed by atoms with van der Waals surface area (Å²) in [4.78, 5) is 5.91. The fourth-order valence-corrected chi connectivity index (χ4v) is 2.32. The maximum Gasteiger partial charge on any atom is 0.253 e. The van der Waals surface area contributed by atoms with Gasteiger partial charge in [0.15, 0.2) is 0 Å². The number of hydrogen-bond acceptors (Lipinski definition) is 3. The quantitative estimate of drug-likeness (QED) is 0.623. The predicted octanol–water partition coefficient (Wildman–Crippen LogP) is 2.17. The van der Waals surface area contributed by atoms with Crippen molar-refractivity contribution >= 4 is 5.69 Å². The highest BCUT2D eigenvalue weighted by molar-refractivity contribution is 5.49. The van der Waals surface area contributed by atoms with Gasteiger partial charge >= 0.3 is 0 Å². The molecule has 1 atom stereocenters. The Kier molecular flexibility index (Phi) is 3.93. The molecule has 1 aromatic heterocycles. The van der Waals surface area contributed by atoms with E-state index in [-0.39, 0.29) is 6.04 Å². The molecule has 19 heavy (non-hydrogen) atoms.